The Bertz CT molecular complexity index is 332. The molecule has 0 radical (unpaired) electrons. The van der Waals surface area contributed by atoms with Gasteiger partial charge in [0, 0.05) is 0 Å². The molecule has 0 heterocycles. The van der Waals surface area contributed by atoms with Crippen molar-refractivity contribution in [3.63, 3.8) is 0 Å². The van der Waals surface area contributed by atoms with Gasteiger partial charge < -0.3 is 9.47 Å². The Hall–Kier alpha value is 0.830. The van der Waals surface area contributed by atoms with E-state index in [1.54, 1.807) is 6.92 Å². The van der Waals surface area contributed by atoms with Crippen molar-refractivity contribution in [1.82, 2.24) is 0 Å². The van der Waals surface area contributed by atoms with Crippen LogP contribution in [-0.4, -0.2) is 67.3 Å². The maximum atomic E-state index is 11.1. The maximum absolute atomic E-state index is 11.1. The van der Waals surface area contributed by atoms with Gasteiger partial charge in [-0.05, 0) is 19.8 Å². The average Bonchev–Trinajstić information content (AvgIpc) is 2.36. The second kappa shape index (κ2) is 14.2. The predicted octanol–water partition coefficient (Wildman–Crippen LogP) is 3.14. The zero-order valence-corrected chi connectivity index (χ0v) is 14.6. The molecule has 5 nitrogen and oxygen atoms in total. The molecular weight excluding hydrogens is 315 g/mol. The second-order valence-corrected chi connectivity index (χ2v) is 7.13. The van der Waals surface area contributed by atoms with Crippen LogP contribution in [0.4, 0.5) is 0 Å². The van der Waals surface area contributed by atoms with Crippen LogP contribution in [0.3, 0.4) is 0 Å². The molecule has 0 amide bonds. The molecule has 22 heavy (non-hydrogen) atoms. The van der Waals surface area contributed by atoms with E-state index in [2.05, 4.69) is 13.8 Å². The first-order valence-electron chi connectivity index (χ1n) is 8.06. The topological polar surface area (TPSA) is 72.8 Å². The van der Waals surface area contributed by atoms with Crippen LogP contribution >= 0.6 is 0 Å². The van der Waals surface area contributed by atoms with Crippen molar-refractivity contribution < 1.29 is 22.4 Å². The molecule has 0 bridgehead atoms. The van der Waals surface area contributed by atoms with Crippen LogP contribution in [0, 0.1) is 0 Å². The van der Waals surface area contributed by atoms with Gasteiger partial charge >= 0.3 is 29.6 Å². The van der Waals surface area contributed by atoms with E-state index in [0.717, 1.165) is 51.4 Å². The summed E-state index contributed by atoms with van der Waals surface area (Å²) >= 11 is 0. The standard InChI is InChI=1S/C15H32O5S.Na.H/c1-4-6-8-10-12-19-15(3,14-21(16,17)18)20-13-11-9-7-5-2;;/h4-14H2,1-3H3,(H,16,17,18);;. The number of unbranched alkanes of at least 4 members (excludes halogenated alkanes) is 6. The van der Waals surface area contributed by atoms with Crippen LogP contribution in [0.15, 0.2) is 0 Å². The Morgan fingerprint density at radius 1 is 0.864 bits per heavy atom. The fraction of sp³-hybridized carbons (Fsp3) is 1.00. The number of ether oxygens (including phenoxy) is 2. The van der Waals surface area contributed by atoms with Crippen molar-refractivity contribution in [2.75, 3.05) is 19.0 Å². The Balaban J connectivity index is 0. The van der Waals surface area contributed by atoms with Crippen LogP contribution in [0.2, 0.25) is 0 Å². The van der Waals surface area contributed by atoms with Crippen LogP contribution in [0.25, 0.3) is 0 Å². The van der Waals surface area contributed by atoms with E-state index in [9.17, 15) is 8.42 Å². The van der Waals surface area contributed by atoms with Crippen molar-refractivity contribution in [1.29, 1.82) is 0 Å². The summed E-state index contributed by atoms with van der Waals surface area (Å²) in [5.41, 5.74) is 0. The minimum absolute atomic E-state index is 0. The van der Waals surface area contributed by atoms with Crippen molar-refractivity contribution >= 4 is 39.7 Å². The Labute approximate surface area is 158 Å². The van der Waals surface area contributed by atoms with Crippen LogP contribution in [-0.2, 0) is 19.6 Å². The van der Waals surface area contributed by atoms with Gasteiger partial charge in [0.25, 0.3) is 10.1 Å². The van der Waals surface area contributed by atoms with Crippen molar-refractivity contribution in [3.05, 3.63) is 0 Å². The third-order valence-corrected chi connectivity index (χ3v) is 4.14. The molecule has 0 aliphatic rings. The molecule has 0 unspecified atom stereocenters. The SMILES string of the molecule is CCCCCCOC(C)(CS(=O)(=O)O)OCCCCCC.[NaH]. The second-order valence-electron chi connectivity index (χ2n) is 5.68. The first kappa shape index (κ1) is 25.1. The van der Waals surface area contributed by atoms with Gasteiger partial charge in [-0.1, -0.05) is 52.4 Å². The number of rotatable bonds is 14. The van der Waals surface area contributed by atoms with Gasteiger partial charge in [0.05, 0.1) is 13.2 Å². The van der Waals surface area contributed by atoms with E-state index >= 15 is 0 Å². The molecule has 0 fully saturated rings. The van der Waals surface area contributed by atoms with E-state index in [-0.39, 0.29) is 29.6 Å². The third kappa shape index (κ3) is 15.7. The number of hydrogen-bond donors (Lipinski definition) is 1. The van der Waals surface area contributed by atoms with Crippen molar-refractivity contribution in [2.24, 2.45) is 0 Å². The fourth-order valence-corrected chi connectivity index (χ4v) is 2.92. The van der Waals surface area contributed by atoms with Crippen molar-refractivity contribution in [2.45, 2.75) is 77.9 Å². The van der Waals surface area contributed by atoms with Gasteiger partial charge in [-0.25, -0.2) is 0 Å². The zero-order valence-electron chi connectivity index (χ0n) is 13.8. The molecule has 0 atom stereocenters. The van der Waals surface area contributed by atoms with Gasteiger partial charge in [-0.15, -0.1) is 0 Å². The van der Waals surface area contributed by atoms with E-state index in [1.807, 2.05) is 0 Å². The first-order chi connectivity index (χ1) is 9.83. The van der Waals surface area contributed by atoms with Crippen LogP contribution < -0.4 is 0 Å². The van der Waals surface area contributed by atoms with Gasteiger partial charge in [0.15, 0.2) is 5.79 Å². The fourth-order valence-electron chi connectivity index (χ4n) is 2.09. The summed E-state index contributed by atoms with van der Waals surface area (Å²) in [5.74, 6) is -1.78. The molecule has 0 aliphatic carbocycles. The van der Waals surface area contributed by atoms with Gasteiger partial charge in [-0.2, -0.15) is 8.42 Å². The molecule has 7 heteroatoms. The molecule has 0 aromatic rings. The number of hydrogen-bond acceptors (Lipinski definition) is 4. The molecule has 0 saturated carbocycles. The normalized spacial score (nSPS) is 12.2. The molecule has 0 aromatic carbocycles. The molecular formula is C15H33NaO5S. The Morgan fingerprint density at radius 3 is 1.59 bits per heavy atom. The summed E-state index contributed by atoms with van der Waals surface area (Å²) in [6, 6.07) is 0. The van der Waals surface area contributed by atoms with Crippen LogP contribution in [0.1, 0.15) is 72.1 Å². The minimum atomic E-state index is -4.13. The van der Waals surface area contributed by atoms with E-state index in [0.29, 0.717) is 13.2 Å². The van der Waals surface area contributed by atoms with Gasteiger partial charge in [-0.3, -0.25) is 4.55 Å². The van der Waals surface area contributed by atoms with Gasteiger partial charge in [0.2, 0.25) is 0 Å². The average molecular weight is 348 g/mol. The van der Waals surface area contributed by atoms with Crippen LogP contribution in [0.5, 0.6) is 0 Å². The summed E-state index contributed by atoms with van der Waals surface area (Å²) in [7, 11) is -4.13. The zero-order chi connectivity index (χ0) is 16.2. The van der Waals surface area contributed by atoms with E-state index in [4.69, 9.17) is 14.0 Å². The van der Waals surface area contributed by atoms with Crippen molar-refractivity contribution in [3.8, 4) is 0 Å². The molecule has 0 saturated heterocycles. The summed E-state index contributed by atoms with van der Waals surface area (Å²) in [4.78, 5) is 0. The Morgan fingerprint density at radius 2 is 1.27 bits per heavy atom. The monoisotopic (exact) mass is 348 g/mol. The molecule has 0 aromatic heterocycles. The molecule has 0 rings (SSSR count). The van der Waals surface area contributed by atoms with E-state index in [1.165, 1.54) is 0 Å². The summed E-state index contributed by atoms with van der Waals surface area (Å²) < 4.78 is 42.5. The molecule has 130 valence electrons. The first-order valence-corrected chi connectivity index (χ1v) is 9.67. The predicted molar refractivity (Wildman–Crippen MR) is 92.2 cm³/mol. The Kier molecular flexibility index (Phi) is 16.2. The summed E-state index contributed by atoms with van der Waals surface area (Å²) in [6.45, 7) is 6.73. The third-order valence-electron chi connectivity index (χ3n) is 3.26. The van der Waals surface area contributed by atoms with Gasteiger partial charge in [0.1, 0.15) is 5.75 Å². The molecule has 0 aliphatic heterocycles. The molecule has 0 spiro atoms. The van der Waals surface area contributed by atoms with E-state index < -0.39 is 21.7 Å². The molecule has 1 N–H and O–H groups in total. The summed E-state index contributed by atoms with van der Waals surface area (Å²) in [6.07, 6.45) is 8.38. The quantitative estimate of drug-likeness (QED) is 0.226. The summed E-state index contributed by atoms with van der Waals surface area (Å²) in [5, 5.41) is 0.